The number of hydrogen-bond donors (Lipinski definition) is 5. The van der Waals surface area contributed by atoms with E-state index in [1.54, 1.807) is 24.9 Å². The maximum atomic E-state index is 11.5. The lowest BCUT2D eigenvalue weighted by Crippen LogP contribution is -2.18. The van der Waals surface area contributed by atoms with Gasteiger partial charge in [0.25, 0.3) is 0 Å². The molecular weight excluding hydrogens is 446 g/mol. The van der Waals surface area contributed by atoms with Gasteiger partial charge < -0.3 is 30.4 Å². The number of phosphoric ester groups is 1. The van der Waals surface area contributed by atoms with Crippen molar-refractivity contribution in [3.63, 3.8) is 0 Å². The molecule has 0 radical (unpaired) electrons. The Morgan fingerprint density at radius 2 is 1.97 bits per heavy atom. The largest absolute Gasteiger partial charge is 0.510 e. The van der Waals surface area contributed by atoms with E-state index in [0.717, 1.165) is 10.6 Å². The molecule has 1 aromatic rings. The zero-order chi connectivity index (χ0) is 22.0. The molecule has 1 unspecified atom stereocenters. The zero-order valence-electron chi connectivity index (χ0n) is 15.8. The lowest BCUT2D eigenvalue weighted by molar-refractivity contribution is 0.180. The van der Waals surface area contributed by atoms with Crippen molar-refractivity contribution < 1.29 is 37.8 Å². The molecule has 29 heavy (non-hydrogen) atoms. The maximum absolute atomic E-state index is 11.5. The highest BCUT2D eigenvalue weighted by atomic mass is 32.2. The first kappa shape index (κ1) is 23.8. The highest BCUT2D eigenvalue weighted by molar-refractivity contribution is 8.06. The van der Waals surface area contributed by atoms with E-state index in [1.807, 2.05) is 0 Å². The summed E-state index contributed by atoms with van der Waals surface area (Å²) >= 11 is 1.23. The first-order valence-corrected chi connectivity index (χ1v) is 12.0. The Morgan fingerprint density at radius 1 is 1.31 bits per heavy atom. The second-order valence-electron chi connectivity index (χ2n) is 6.04. The molecule has 162 valence electrons. The number of anilines is 1. The molecule has 0 saturated carbocycles. The number of aliphatic hydroxyl groups excluding tert-OH is 1. The summed E-state index contributed by atoms with van der Waals surface area (Å²) in [4.78, 5) is 37.3. The first-order chi connectivity index (χ1) is 13.3. The Hall–Kier alpha value is -1.43. The van der Waals surface area contributed by atoms with Crippen molar-refractivity contribution in [3.05, 3.63) is 39.0 Å². The third kappa shape index (κ3) is 6.80. The Bertz CT molecular complexity index is 944. The molecule has 2 rings (SSSR count). The van der Waals surface area contributed by atoms with Gasteiger partial charge in [0.05, 0.1) is 13.2 Å². The van der Waals surface area contributed by atoms with Gasteiger partial charge in [-0.15, -0.1) is 0 Å². The van der Waals surface area contributed by atoms with E-state index >= 15 is 0 Å². The monoisotopic (exact) mass is 468 g/mol. The second kappa shape index (κ2) is 9.15. The zero-order valence-corrected chi connectivity index (χ0v) is 18.4. The third-order valence-electron chi connectivity index (χ3n) is 3.72. The molecule has 15 heteroatoms. The Labute approximate surface area is 171 Å². The summed E-state index contributed by atoms with van der Waals surface area (Å²) in [5.41, 5.74) is 7.34. The van der Waals surface area contributed by atoms with Gasteiger partial charge >= 0.3 is 15.6 Å². The van der Waals surface area contributed by atoms with E-state index in [9.17, 15) is 19.1 Å². The van der Waals surface area contributed by atoms with Crippen LogP contribution in [0.2, 0.25) is 0 Å². The van der Waals surface area contributed by atoms with Crippen LogP contribution in [-0.4, -0.2) is 41.3 Å². The third-order valence-corrected chi connectivity index (χ3v) is 7.36. The molecule has 0 aromatic carbocycles. The second-order valence-corrected chi connectivity index (χ2v) is 9.95. The summed E-state index contributed by atoms with van der Waals surface area (Å²) in [6.07, 6.45) is 1.74. The summed E-state index contributed by atoms with van der Waals surface area (Å²) in [5, 5.41) is 10.6. The van der Waals surface area contributed by atoms with Gasteiger partial charge in [-0.1, -0.05) is 11.8 Å². The number of allylic oxidation sites excluding steroid dienone is 2. The fourth-order valence-corrected chi connectivity index (χ4v) is 5.18. The Morgan fingerprint density at radius 3 is 2.52 bits per heavy atom. The van der Waals surface area contributed by atoms with Crippen LogP contribution in [-0.2, 0) is 24.5 Å². The Kier molecular flexibility index (Phi) is 7.52. The number of thioether (sulfide) groups is 1. The SMILES string of the molecule is CC1=C(CCOP(=O)(O)OP(=O)(O)O)S/C(=C(/C)O)N1Cc1cnc(C)nc1N. The summed E-state index contributed by atoms with van der Waals surface area (Å²) in [6.45, 7) is 4.98. The van der Waals surface area contributed by atoms with Gasteiger partial charge in [-0.05, 0) is 20.8 Å². The molecule has 0 amide bonds. The quantitative estimate of drug-likeness (QED) is 0.277. The van der Waals surface area contributed by atoms with Gasteiger partial charge in [0.2, 0.25) is 0 Å². The van der Waals surface area contributed by atoms with Gasteiger partial charge in [-0.3, -0.25) is 4.52 Å². The van der Waals surface area contributed by atoms with Gasteiger partial charge in [0.1, 0.15) is 22.4 Å². The lowest BCUT2D eigenvalue weighted by atomic mass is 10.2. The van der Waals surface area contributed by atoms with Gasteiger partial charge in [-0.25, -0.2) is 19.1 Å². The molecule has 0 fully saturated rings. The number of aryl methyl sites for hydroxylation is 1. The van der Waals surface area contributed by atoms with Crippen LogP contribution in [0.5, 0.6) is 0 Å². The molecular formula is C14H22N4O8P2S. The minimum Gasteiger partial charge on any atom is -0.510 e. The molecule has 6 N–H and O–H groups in total. The van der Waals surface area contributed by atoms with Crippen molar-refractivity contribution in [1.82, 2.24) is 14.9 Å². The van der Waals surface area contributed by atoms with Crippen LogP contribution in [0, 0.1) is 6.92 Å². The molecule has 0 spiro atoms. The summed E-state index contributed by atoms with van der Waals surface area (Å²) < 4.78 is 30.6. The molecule has 0 aliphatic carbocycles. The molecule has 2 heterocycles. The number of hydrogen-bond acceptors (Lipinski definition) is 10. The van der Waals surface area contributed by atoms with Crippen LogP contribution in [0.3, 0.4) is 0 Å². The predicted octanol–water partition coefficient (Wildman–Crippen LogP) is 2.51. The highest BCUT2D eigenvalue weighted by Gasteiger charge is 2.33. The van der Waals surface area contributed by atoms with Crippen molar-refractivity contribution in [3.8, 4) is 0 Å². The number of aliphatic hydroxyl groups is 1. The summed E-state index contributed by atoms with van der Waals surface area (Å²) in [6, 6.07) is 0. The van der Waals surface area contributed by atoms with E-state index in [4.69, 9.17) is 15.5 Å². The molecule has 0 bridgehead atoms. The van der Waals surface area contributed by atoms with E-state index in [1.165, 1.54) is 18.7 Å². The van der Waals surface area contributed by atoms with Crippen molar-refractivity contribution in [2.24, 2.45) is 0 Å². The maximum Gasteiger partial charge on any atom is 0.481 e. The van der Waals surface area contributed by atoms with Crippen LogP contribution in [0.25, 0.3) is 0 Å². The summed E-state index contributed by atoms with van der Waals surface area (Å²) in [7, 11) is -10.1. The summed E-state index contributed by atoms with van der Waals surface area (Å²) in [5.74, 6) is 0.916. The normalized spacial score (nSPS) is 18.9. The smallest absolute Gasteiger partial charge is 0.481 e. The van der Waals surface area contributed by atoms with Crippen molar-refractivity contribution in [2.45, 2.75) is 33.7 Å². The average Bonchev–Trinajstić information content (AvgIpc) is 2.84. The fourth-order valence-electron chi connectivity index (χ4n) is 2.46. The first-order valence-electron chi connectivity index (χ1n) is 8.16. The minimum atomic E-state index is -5.17. The van der Waals surface area contributed by atoms with E-state index < -0.39 is 15.6 Å². The van der Waals surface area contributed by atoms with Crippen LogP contribution in [0.1, 0.15) is 31.7 Å². The van der Waals surface area contributed by atoms with Crippen LogP contribution in [0.4, 0.5) is 5.82 Å². The number of nitrogens with two attached hydrogens (primary N) is 1. The lowest BCUT2D eigenvalue weighted by Gasteiger charge is -2.22. The number of aromatic nitrogens is 2. The van der Waals surface area contributed by atoms with Gasteiger partial charge in [0, 0.05) is 28.8 Å². The number of phosphoric acid groups is 2. The fraction of sp³-hybridized carbons (Fsp3) is 0.429. The van der Waals surface area contributed by atoms with Crippen molar-refractivity contribution in [2.75, 3.05) is 12.3 Å². The average molecular weight is 468 g/mol. The van der Waals surface area contributed by atoms with Crippen LogP contribution in [0.15, 0.2) is 27.6 Å². The number of nitrogens with zero attached hydrogens (tertiary/aromatic N) is 3. The van der Waals surface area contributed by atoms with Gasteiger partial charge in [0.15, 0.2) is 0 Å². The highest BCUT2D eigenvalue weighted by Crippen LogP contribution is 2.57. The number of rotatable bonds is 8. The Balaban J connectivity index is 2.13. The van der Waals surface area contributed by atoms with Crippen LogP contribution < -0.4 is 5.73 Å². The molecule has 0 saturated heterocycles. The van der Waals surface area contributed by atoms with Gasteiger partial charge in [-0.2, -0.15) is 4.31 Å². The predicted molar refractivity (Wildman–Crippen MR) is 106 cm³/mol. The van der Waals surface area contributed by atoms with Crippen molar-refractivity contribution >= 4 is 33.2 Å². The number of nitrogen functional groups attached to an aromatic ring is 1. The van der Waals surface area contributed by atoms with Crippen molar-refractivity contribution in [1.29, 1.82) is 0 Å². The van der Waals surface area contributed by atoms with E-state index in [2.05, 4.69) is 18.8 Å². The molecule has 12 nitrogen and oxygen atoms in total. The van der Waals surface area contributed by atoms with E-state index in [-0.39, 0.29) is 18.8 Å². The topological polar surface area (TPSA) is 189 Å². The van der Waals surface area contributed by atoms with Crippen LogP contribution >= 0.6 is 27.4 Å². The minimum absolute atomic E-state index is 0.0644. The standard InChI is InChI=1S/C14H22N4O8P2S/c1-8-12(4-5-25-28(23,24)26-27(20,21)22)29-14(9(2)19)18(8)7-11-6-16-10(3)17-13(11)15/h6,19H,4-5,7H2,1-3H3,(H,23,24)(H2,15,16,17)(H2,20,21,22)/b14-9-. The molecule has 1 atom stereocenters. The van der Waals surface area contributed by atoms with E-state index in [0.29, 0.717) is 28.8 Å². The molecule has 1 aliphatic rings. The molecule has 1 aromatic heterocycles. The molecule has 1 aliphatic heterocycles.